The van der Waals surface area contributed by atoms with Gasteiger partial charge in [0, 0.05) is 18.5 Å². The summed E-state index contributed by atoms with van der Waals surface area (Å²) in [5.74, 6) is -3.70. The normalized spacial score (nSPS) is 11.6. The van der Waals surface area contributed by atoms with E-state index in [2.05, 4.69) is 4.98 Å². The highest BCUT2D eigenvalue weighted by Gasteiger charge is 2.39. The van der Waals surface area contributed by atoms with Crippen molar-refractivity contribution < 1.29 is 23.9 Å². The van der Waals surface area contributed by atoms with Crippen molar-refractivity contribution in [3.8, 4) is 0 Å². The van der Waals surface area contributed by atoms with E-state index in [9.17, 15) is 14.4 Å². The molecule has 1 atom stereocenters. The smallest absolute Gasteiger partial charge is 0.320 e. The summed E-state index contributed by atoms with van der Waals surface area (Å²) >= 11 is 0. The van der Waals surface area contributed by atoms with Gasteiger partial charge < -0.3 is 9.47 Å². The maximum Gasteiger partial charge on any atom is 0.320 e. The summed E-state index contributed by atoms with van der Waals surface area (Å²) < 4.78 is 9.52. The number of ketones is 1. The summed E-state index contributed by atoms with van der Waals surface area (Å²) in [6.45, 7) is 0. The van der Waals surface area contributed by atoms with Gasteiger partial charge in [0.2, 0.25) is 0 Å². The van der Waals surface area contributed by atoms with Crippen molar-refractivity contribution in [2.45, 2.75) is 12.3 Å². The molecule has 1 heterocycles. The Morgan fingerprint density at radius 3 is 2.04 bits per heavy atom. The fourth-order valence-corrected chi connectivity index (χ4v) is 2.64. The van der Waals surface area contributed by atoms with E-state index in [-0.39, 0.29) is 17.9 Å². The van der Waals surface area contributed by atoms with Crippen LogP contribution < -0.4 is 0 Å². The average Bonchev–Trinajstić information content (AvgIpc) is 2.68. The van der Waals surface area contributed by atoms with Crippen molar-refractivity contribution in [3.63, 3.8) is 0 Å². The van der Waals surface area contributed by atoms with Gasteiger partial charge in [-0.2, -0.15) is 0 Å². The molecule has 6 nitrogen and oxygen atoms in total. The van der Waals surface area contributed by atoms with Gasteiger partial charge in [-0.15, -0.1) is 0 Å². The first kappa shape index (κ1) is 18.3. The van der Waals surface area contributed by atoms with Gasteiger partial charge in [-0.3, -0.25) is 19.4 Å². The number of carbonyl (C=O) groups is 3. The highest BCUT2D eigenvalue weighted by atomic mass is 16.5. The molecule has 0 aliphatic carbocycles. The zero-order valence-electron chi connectivity index (χ0n) is 14.0. The van der Waals surface area contributed by atoms with Gasteiger partial charge in [-0.25, -0.2) is 0 Å². The minimum atomic E-state index is -1.23. The summed E-state index contributed by atoms with van der Waals surface area (Å²) in [6.07, 6.45) is 1.44. The second-order valence-electron chi connectivity index (χ2n) is 5.38. The van der Waals surface area contributed by atoms with Crippen molar-refractivity contribution in [2.75, 3.05) is 14.2 Å². The highest BCUT2D eigenvalue weighted by molar-refractivity contribution is 5.99. The minimum Gasteiger partial charge on any atom is -0.468 e. The number of rotatable bonds is 7. The summed E-state index contributed by atoms with van der Waals surface area (Å²) in [4.78, 5) is 41.0. The monoisotopic (exact) mass is 341 g/mol. The lowest BCUT2D eigenvalue weighted by Gasteiger charge is -2.23. The molecular formula is C19H19NO5. The van der Waals surface area contributed by atoms with E-state index >= 15 is 0 Å². The van der Waals surface area contributed by atoms with Crippen molar-refractivity contribution in [3.05, 3.63) is 66.0 Å². The van der Waals surface area contributed by atoms with Crippen LogP contribution in [0.4, 0.5) is 0 Å². The molecule has 2 aromatic rings. The Morgan fingerprint density at radius 1 is 0.920 bits per heavy atom. The standard InChI is InChI=1S/C19H19NO5/c1-24-18(22)17(19(23)25-2)14(13-8-4-3-5-9-13)12-16(21)15-10-6-7-11-20-15/h3-11,14,17H,12H2,1-2H3/t14-/m0/s1. The van der Waals surface area contributed by atoms with Crippen LogP contribution >= 0.6 is 0 Å². The summed E-state index contributed by atoms with van der Waals surface area (Å²) in [6, 6.07) is 13.9. The molecule has 2 rings (SSSR count). The SMILES string of the molecule is COC(=O)C(C(=O)OC)[C@@H](CC(=O)c1ccccn1)c1ccccc1. The van der Waals surface area contributed by atoms with E-state index in [4.69, 9.17) is 9.47 Å². The fraction of sp³-hybridized carbons (Fsp3) is 0.263. The number of nitrogens with zero attached hydrogens (tertiary/aromatic N) is 1. The molecule has 0 radical (unpaired) electrons. The molecule has 1 aromatic carbocycles. The van der Waals surface area contributed by atoms with Crippen LogP contribution in [-0.2, 0) is 19.1 Å². The first-order valence-corrected chi connectivity index (χ1v) is 7.73. The maximum atomic E-state index is 12.6. The van der Waals surface area contributed by atoms with E-state index in [0.717, 1.165) is 0 Å². The summed E-state index contributed by atoms with van der Waals surface area (Å²) in [7, 11) is 2.39. The van der Waals surface area contributed by atoms with Crippen LogP contribution in [-0.4, -0.2) is 36.9 Å². The van der Waals surface area contributed by atoms with Crippen LogP contribution in [0.15, 0.2) is 54.7 Å². The molecule has 0 aliphatic heterocycles. The van der Waals surface area contributed by atoms with Crippen LogP contribution in [0.2, 0.25) is 0 Å². The molecule has 130 valence electrons. The lowest BCUT2D eigenvalue weighted by atomic mass is 9.81. The lowest BCUT2D eigenvalue weighted by Crippen LogP contribution is -2.33. The highest BCUT2D eigenvalue weighted by Crippen LogP contribution is 2.31. The Hall–Kier alpha value is -3.02. The second-order valence-corrected chi connectivity index (χ2v) is 5.38. The quantitative estimate of drug-likeness (QED) is 0.437. The molecule has 0 amide bonds. The molecule has 1 aromatic heterocycles. The third-order valence-electron chi connectivity index (χ3n) is 3.90. The van der Waals surface area contributed by atoms with Crippen molar-refractivity contribution in [1.82, 2.24) is 4.98 Å². The fourth-order valence-electron chi connectivity index (χ4n) is 2.64. The topological polar surface area (TPSA) is 82.6 Å². The predicted molar refractivity (Wildman–Crippen MR) is 89.9 cm³/mol. The predicted octanol–water partition coefficient (Wildman–Crippen LogP) is 2.40. The van der Waals surface area contributed by atoms with Crippen molar-refractivity contribution >= 4 is 17.7 Å². The van der Waals surface area contributed by atoms with Gasteiger partial charge in [0.05, 0.1) is 14.2 Å². The Balaban J connectivity index is 2.40. The largest absolute Gasteiger partial charge is 0.468 e. The van der Waals surface area contributed by atoms with Crippen molar-refractivity contribution in [2.24, 2.45) is 5.92 Å². The minimum absolute atomic E-state index is 0.0735. The van der Waals surface area contributed by atoms with Gasteiger partial charge in [0.15, 0.2) is 11.7 Å². The second kappa shape index (κ2) is 8.73. The average molecular weight is 341 g/mol. The summed E-state index contributed by atoms with van der Waals surface area (Å²) in [5, 5.41) is 0. The number of benzene rings is 1. The molecule has 0 saturated heterocycles. The molecule has 0 spiro atoms. The number of methoxy groups -OCH3 is 2. The van der Waals surface area contributed by atoms with E-state index in [0.29, 0.717) is 5.56 Å². The Labute approximate surface area is 145 Å². The molecule has 0 saturated carbocycles. The van der Waals surface area contributed by atoms with E-state index in [1.807, 2.05) is 6.07 Å². The Morgan fingerprint density at radius 2 is 1.52 bits per heavy atom. The first-order chi connectivity index (χ1) is 12.1. The molecule has 0 unspecified atom stereocenters. The number of hydrogen-bond acceptors (Lipinski definition) is 6. The van der Waals surface area contributed by atoms with Crippen LogP contribution in [0.1, 0.15) is 28.4 Å². The first-order valence-electron chi connectivity index (χ1n) is 7.73. The molecular weight excluding hydrogens is 322 g/mol. The zero-order valence-corrected chi connectivity index (χ0v) is 14.0. The Kier molecular flexibility index (Phi) is 6.39. The number of esters is 2. The summed E-state index contributed by atoms with van der Waals surface area (Å²) in [5.41, 5.74) is 0.949. The van der Waals surface area contributed by atoms with Gasteiger partial charge in [-0.1, -0.05) is 36.4 Å². The van der Waals surface area contributed by atoms with E-state index in [1.165, 1.54) is 20.4 Å². The molecule has 0 bridgehead atoms. The molecule has 0 fully saturated rings. The molecule has 0 aliphatic rings. The molecule has 25 heavy (non-hydrogen) atoms. The van der Waals surface area contributed by atoms with Crippen LogP contribution in [0, 0.1) is 5.92 Å². The Bertz CT molecular complexity index is 714. The van der Waals surface area contributed by atoms with Gasteiger partial charge in [-0.05, 0) is 17.7 Å². The number of Topliss-reactive ketones (excluding diaryl/α,β-unsaturated/α-hetero) is 1. The number of aromatic nitrogens is 1. The van der Waals surface area contributed by atoms with E-state index in [1.54, 1.807) is 42.5 Å². The number of carbonyl (C=O) groups excluding carboxylic acids is 3. The maximum absolute atomic E-state index is 12.6. The zero-order chi connectivity index (χ0) is 18.2. The molecule has 6 heteroatoms. The van der Waals surface area contributed by atoms with Crippen LogP contribution in [0.25, 0.3) is 0 Å². The third kappa shape index (κ3) is 4.50. The van der Waals surface area contributed by atoms with Crippen LogP contribution in [0.3, 0.4) is 0 Å². The molecule has 0 N–H and O–H groups in total. The van der Waals surface area contributed by atoms with Gasteiger partial charge >= 0.3 is 11.9 Å². The van der Waals surface area contributed by atoms with Crippen LogP contribution in [0.5, 0.6) is 0 Å². The van der Waals surface area contributed by atoms with Gasteiger partial charge in [0.25, 0.3) is 0 Å². The number of pyridine rings is 1. The lowest BCUT2D eigenvalue weighted by molar-refractivity contribution is -0.159. The number of ether oxygens (including phenoxy) is 2. The number of hydrogen-bond donors (Lipinski definition) is 0. The van der Waals surface area contributed by atoms with E-state index < -0.39 is 23.8 Å². The third-order valence-corrected chi connectivity index (χ3v) is 3.90. The van der Waals surface area contributed by atoms with Gasteiger partial charge in [0.1, 0.15) is 5.69 Å². The van der Waals surface area contributed by atoms with Crippen molar-refractivity contribution in [1.29, 1.82) is 0 Å².